The van der Waals surface area contributed by atoms with E-state index in [2.05, 4.69) is 27.4 Å². The number of rotatable bonds is 6. The van der Waals surface area contributed by atoms with Crippen LogP contribution in [0.1, 0.15) is 24.3 Å². The molecule has 0 saturated heterocycles. The molecule has 5 nitrogen and oxygen atoms in total. The number of nitrogens with zero attached hydrogens (tertiary/aromatic N) is 3. The summed E-state index contributed by atoms with van der Waals surface area (Å²) in [7, 11) is 1.90. The van der Waals surface area contributed by atoms with E-state index in [9.17, 15) is 4.39 Å². The molecule has 1 N–H and O–H groups in total. The number of thiazole rings is 1. The first-order valence-electron chi connectivity index (χ1n) is 7.33. The molecular weight excluding hydrogens is 351 g/mol. The van der Waals surface area contributed by atoms with Crippen LogP contribution >= 0.6 is 23.7 Å². The maximum Gasteiger partial charge on any atom is 0.232 e. The van der Waals surface area contributed by atoms with Crippen molar-refractivity contribution in [2.45, 2.75) is 25.8 Å². The van der Waals surface area contributed by atoms with Crippen LogP contribution in [0, 0.1) is 5.82 Å². The van der Waals surface area contributed by atoms with E-state index in [0.717, 1.165) is 16.3 Å². The van der Waals surface area contributed by atoms with Gasteiger partial charge in [0, 0.05) is 23.4 Å². The zero-order valence-electron chi connectivity index (χ0n) is 13.3. The lowest BCUT2D eigenvalue weighted by Crippen LogP contribution is -2.24. The van der Waals surface area contributed by atoms with Crippen molar-refractivity contribution >= 4 is 23.7 Å². The summed E-state index contributed by atoms with van der Waals surface area (Å²) in [5.74, 6) is 0.960. The largest absolute Gasteiger partial charge is 0.339 e. The van der Waals surface area contributed by atoms with E-state index < -0.39 is 0 Å². The fourth-order valence-corrected chi connectivity index (χ4v) is 2.93. The molecule has 1 unspecified atom stereocenters. The highest BCUT2D eigenvalue weighted by molar-refractivity contribution is 7.13. The summed E-state index contributed by atoms with van der Waals surface area (Å²) in [6.07, 6.45) is 1.19. The number of nitrogens with one attached hydrogen (secondary N) is 1. The quantitative estimate of drug-likeness (QED) is 0.721. The molecule has 24 heavy (non-hydrogen) atoms. The lowest BCUT2D eigenvalue weighted by Gasteiger charge is -2.04. The predicted molar refractivity (Wildman–Crippen MR) is 94.1 cm³/mol. The molecule has 0 aliphatic heterocycles. The Balaban J connectivity index is 0.00000208. The van der Waals surface area contributed by atoms with E-state index in [0.29, 0.717) is 30.6 Å². The normalized spacial score (nSPS) is 12.0. The van der Waals surface area contributed by atoms with Crippen molar-refractivity contribution in [3.05, 3.63) is 52.9 Å². The van der Waals surface area contributed by atoms with Crippen LogP contribution in [0.15, 0.2) is 34.2 Å². The van der Waals surface area contributed by atoms with Crippen molar-refractivity contribution in [3.8, 4) is 10.6 Å². The second kappa shape index (κ2) is 8.32. The van der Waals surface area contributed by atoms with Gasteiger partial charge in [-0.3, -0.25) is 0 Å². The molecule has 2 aromatic heterocycles. The summed E-state index contributed by atoms with van der Waals surface area (Å²) in [5.41, 5.74) is 1.61. The summed E-state index contributed by atoms with van der Waals surface area (Å²) in [4.78, 5) is 8.89. The van der Waals surface area contributed by atoms with Gasteiger partial charge in [-0.05, 0) is 26.1 Å². The smallest absolute Gasteiger partial charge is 0.232 e. The second-order valence-corrected chi connectivity index (χ2v) is 6.19. The molecule has 0 amide bonds. The first-order valence-corrected chi connectivity index (χ1v) is 8.21. The molecule has 0 fully saturated rings. The Morgan fingerprint density at radius 2 is 2.17 bits per heavy atom. The standard InChI is InChI=1S/C16H17FN4OS.ClH/c1-10(18-2)6-14-20-15(22-21-14)8-13-9-23-16(19-13)11-4-3-5-12(17)7-11;/h3-5,7,9-10,18H,6,8H2,1-2H3;1H. The Labute approximate surface area is 149 Å². The van der Waals surface area contributed by atoms with E-state index in [1.807, 2.05) is 18.5 Å². The van der Waals surface area contributed by atoms with Gasteiger partial charge in [-0.15, -0.1) is 23.7 Å². The number of hydrogen-bond acceptors (Lipinski definition) is 6. The number of hydrogen-bond donors (Lipinski definition) is 1. The van der Waals surface area contributed by atoms with E-state index in [1.54, 1.807) is 6.07 Å². The van der Waals surface area contributed by atoms with E-state index >= 15 is 0 Å². The van der Waals surface area contributed by atoms with Gasteiger partial charge in [0.1, 0.15) is 10.8 Å². The summed E-state index contributed by atoms with van der Waals surface area (Å²) in [6.45, 7) is 2.06. The van der Waals surface area contributed by atoms with Crippen LogP contribution in [-0.2, 0) is 12.8 Å². The molecule has 0 spiro atoms. The Kier molecular flexibility index (Phi) is 6.42. The zero-order valence-corrected chi connectivity index (χ0v) is 15.0. The van der Waals surface area contributed by atoms with Crippen LogP contribution in [0.4, 0.5) is 4.39 Å². The average Bonchev–Trinajstić information content (AvgIpc) is 3.17. The lowest BCUT2D eigenvalue weighted by atomic mass is 10.2. The molecular formula is C16H18ClFN4OS. The monoisotopic (exact) mass is 368 g/mol. The highest BCUT2D eigenvalue weighted by Crippen LogP contribution is 2.25. The Bertz CT molecular complexity index is 792. The van der Waals surface area contributed by atoms with Crippen molar-refractivity contribution in [2.75, 3.05) is 7.05 Å². The topological polar surface area (TPSA) is 63.8 Å². The molecule has 3 aromatic rings. The van der Waals surface area contributed by atoms with Crippen LogP contribution in [0.25, 0.3) is 10.6 Å². The lowest BCUT2D eigenvalue weighted by molar-refractivity contribution is 0.376. The molecule has 2 heterocycles. The first-order chi connectivity index (χ1) is 11.1. The summed E-state index contributed by atoms with van der Waals surface area (Å²) >= 11 is 1.47. The Morgan fingerprint density at radius 1 is 1.33 bits per heavy atom. The second-order valence-electron chi connectivity index (χ2n) is 5.33. The van der Waals surface area contributed by atoms with Crippen LogP contribution in [0.2, 0.25) is 0 Å². The molecule has 0 radical (unpaired) electrons. The molecule has 8 heteroatoms. The van der Waals surface area contributed by atoms with E-state index in [1.165, 1.54) is 23.5 Å². The van der Waals surface area contributed by atoms with Crippen LogP contribution in [-0.4, -0.2) is 28.2 Å². The third-order valence-corrected chi connectivity index (χ3v) is 4.39. The van der Waals surface area contributed by atoms with Crippen molar-refractivity contribution in [1.29, 1.82) is 0 Å². The van der Waals surface area contributed by atoms with Gasteiger partial charge in [-0.25, -0.2) is 9.37 Å². The van der Waals surface area contributed by atoms with Gasteiger partial charge < -0.3 is 9.84 Å². The number of aromatic nitrogens is 3. The van der Waals surface area contributed by atoms with Crippen molar-refractivity contribution in [3.63, 3.8) is 0 Å². The molecule has 3 rings (SSSR count). The molecule has 0 aliphatic carbocycles. The van der Waals surface area contributed by atoms with Gasteiger partial charge in [-0.2, -0.15) is 4.98 Å². The third-order valence-electron chi connectivity index (χ3n) is 3.45. The summed E-state index contributed by atoms with van der Waals surface area (Å²) < 4.78 is 18.5. The fraction of sp³-hybridized carbons (Fsp3) is 0.312. The van der Waals surface area contributed by atoms with Crippen LogP contribution < -0.4 is 5.32 Å². The van der Waals surface area contributed by atoms with Gasteiger partial charge in [0.2, 0.25) is 5.89 Å². The molecule has 128 valence electrons. The number of halogens is 2. The highest BCUT2D eigenvalue weighted by atomic mass is 35.5. The van der Waals surface area contributed by atoms with Crippen LogP contribution in [0.3, 0.4) is 0 Å². The predicted octanol–water partition coefficient (Wildman–Crippen LogP) is 3.50. The minimum Gasteiger partial charge on any atom is -0.339 e. The molecule has 0 aliphatic rings. The Morgan fingerprint density at radius 3 is 2.92 bits per heavy atom. The van der Waals surface area contributed by atoms with Crippen molar-refractivity contribution in [2.24, 2.45) is 0 Å². The summed E-state index contributed by atoms with van der Waals surface area (Å²) in [5, 5.41) is 9.82. The maximum absolute atomic E-state index is 13.3. The number of likely N-dealkylation sites (N-methyl/N-ethyl adjacent to an activating group) is 1. The van der Waals surface area contributed by atoms with Gasteiger partial charge >= 0.3 is 0 Å². The minimum absolute atomic E-state index is 0. The third kappa shape index (κ3) is 4.59. The summed E-state index contributed by atoms with van der Waals surface area (Å²) in [6, 6.07) is 6.71. The van der Waals surface area contributed by atoms with E-state index in [-0.39, 0.29) is 18.2 Å². The van der Waals surface area contributed by atoms with Gasteiger partial charge in [0.05, 0.1) is 12.1 Å². The minimum atomic E-state index is -0.264. The van der Waals surface area contributed by atoms with Gasteiger partial charge in [0.25, 0.3) is 0 Å². The SMILES string of the molecule is CNC(C)Cc1noc(Cc2csc(-c3cccc(F)c3)n2)n1.Cl. The average molecular weight is 369 g/mol. The molecule has 0 saturated carbocycles. The molecule has 0 bridgehead atoms. The van der Waals surface area contributed by atoms with Crippen molar-refractivity contribution in [1.82, 2.24) is 20.4 Å². The van der Waals surface area contributed by atoms with Gasteiger partial charge in [0.15, 0.2) is 5.82 Å². The van der Waals surface area contributed by atoms with Crippen LogP contribution in [0.5, 0.6) is 0 Å². The highest BCUT2D eigenvalue weighted by Gasteiger charge is 2.12. The van der Waals surface area contributed by atoms with Crippen molar-refractivity contribution < 1.29 is 8.91 Å². The fourth-order valence-electron chi connectivity index (χ4n) is 2.12. The zero-order chi connectivity index (χ0) is 16.2. The first kappa shape index (κ1) is 18.5. The molecule has 1 atom stereocenters. The molecule has 1 aromatic carbocycles. The maximum atomic E-state index is 13.3. The van der Waals surface area contributed by atoms with Gasteiger partial charge in [-0.1, -0.05) is 17.3 Å². The Hall–Kier alpha value is -1.83. The number of benzene rings is 1. The van der Waals surface area contributed by atoms with E-state index in [4.69, 9.17) is 4.52 Å².